The number of carbonyl (C=O) groups excluding carboxylic acids is 1. The summed E-state index contributed by atoms with van der Waals surface area (Å²) in [6, 6.07) is 0.590. The Labute approximate surface area is 76.5 Å². The Morgan fingerprint density at radius 1 is 1.38 bits per heavy atom. The van der Waals surface area contributed by atoms with E-state index in [0.29, 0.717) is 19.0 Å². The molecule has 3 N–H and O–H groups in total. The fraction of sp³-hybridized carbons (Fsp3) is 0.750. The van der Waals surface area contributed by atoms with Gasteiger partial charge in [0.25, 0.3) is 0 Å². The first kappa shape index (κ1) is 9.98. The second-order valence-electron chi connectivity index (χ2n) is 3.15. The summed E-state index contributed by atoms with van der Waals surface area (Å²) >= 11 is 0. The number of aliphatic carboxylic acids is 1. The van der Waals surface area contributed by atoms with Gasteiger partial charge in [-0.25, -0.2) is 0 Å². The average molecular weight is 186 g/mol. The molecule has 0 aromatic heterocycles. The summed E-state index contributed by atoms with van der Waals surface area (Å²) in [5, 5.41) is 13.7. The fourth-order valence-corrected chi connectivity index (χ4v) is 0.940. The first-order valence-corrected chi connectivity index (χ1v) is 4.40. The Bertz CT molecular complexity index is 202. The van der Waals surface area contributed by atoms with Crippen molar-refractivity contribution < 1.29 is 14.7 Å². The van der Waals surface area contributed by atoms with Gasteiger partial charge in [0.05, 0.1) is 0 Å². The SMILES string of the molecule is O=C(O)CNC(=O)CCNC1CC1. The van der Waals surface area contributed by atoms with Crippen LogP contribution in [0.3, 0.4) is 0 Å². The first-order chi connectivity index (χ1) is 6.18. The molecule has 1 aliphatic carbocycles. The molecule has 0 spiro atoms. The molecule has 1 amide bonds. The van der Waals surface area contributed by atoms with E-state index < -0.39 is 5.97 Å². The molecule has 1 rings (SSSR count). The number of amides is 1. The molecule has 5 nitrogen and oxygen atoms in total. The van der Waals surface area contributed by atoms with E-state index in [1.54, 1.807) is 0 Å². The molecule has 1 fully saturated rings. The number of rotatable bonds is 6. The van der Waals surface area contributed by atoms with Gasteiger partial charge < -0.3 is 15.7 Å². The maximum atomic E-state index is 10.9. The monoisotopic (exact) mass is 186 g/mol. The van der Waals surface area contributed by atoms with E-state index in [1.165, 1.54) is 12.8 Å². The molecule has 1 aliphatic rings. The summed E-state index contributed by atoms with van der Waals surface area (Å²) in [5.74, 6) is -1.22. The number of carboxylic acids is 1. The van der Waals surface area contributed by atoms with E-state index in [0.717, 1.165) is 0 Å². The molecule has 0 aliphatic heterocycles. The van der Waals surface area contributed by atoms with Gasteiger partial charge in [0, 0.05) is 19.0 Å². The van der Waals surface area contributed by atoms with Gasteiger partial charge in [-0.1, -0.05) is 0 Å². The van der Waals surface area contributed by atoms with Crippen LogP contribution < -0.4 is 10.6 Å². The van der Waals surface area contributed by atoms with Crippen LogP contribution in [-0.2, 0) is 9.59 Å². The normalized spacial score (nSPS) is 15.4. The zero-order valence-corrected chi connectivity index (χ0v) is 7.38. The number of carboxylic acid groups (broad SMARTS) is 1. The van der Waals surface area contributed by atoms with Crippen molar-refractivity contribution in [2.45, 2.75) is 25.3 Å². The van der Waals surface area contributed by atoms with Gasteiger partial charge in [0.1, 0.15) is 6.54 Å². The molecule has 0 aromatic carbocycles. The number of hydrogen-bond donors (Lipinski definition) is 3. The Morgan fingerprint density at radius 3 is 2.62 bits per heavy atom. The van der Waals surface area contributed by atoms with Crippen LogP contribution in [0.25, 0.3) is 0 Å². The Hall–Kier alpha value is -1.10. The Kier molecular flexibility index (Phi) is 3.70. The third-order valence-corrected chi connectivity index (χ3v) is 1.80. The van der Waals surface area contributed by atoms with E-state index in [9.17, 15) is 9.59 Å². The molecule has 0 unspecified atom stereocenters. The van der Waals surface area contributed by atoms with Crippen LogP contribution in [0.1, 0.15) is 19.3 Å². The van der Waals surface area contributed by atoms with Crippen molar-refractivity contribution in [3.05, 3.63) is 0 Å². The Balaban J connectivity index is 1.93. The van der Waals surface area contributed by atoms with E-state index in [-0.39, 0.29) is 12.5 Å². The molecular formula is C8H14N2O3. The van der Waals surface area contributed by atoms with Crippen molar-refractivity contribution in [3.63, 3.8) is 0 Å². The second kappa shape index (κ2) is 4.81. The maximum absolute atomic E-state index is 10.9. The molecule has 1 saturated carbocycles. The van der Waals surface area contributed by atoms with Gasteiger partial charge >= 0.3 is 5.97 Å². The van der Waals surface area contributed by atoms with Crippen molar-refractivity contribution in [1.29, 1.82) is 0 Å². The van der Waals surface area contributed by atoms with Gasteiger partial charge in [-0.05, 0) is 12.8 Å². The van der Waals surface area contributed by atoms with Crippen molar-refractivity contribution in [3.8, 4) is 0 Å². The molecule has 0 aromatic rings. The standard InChI is InChI=1S/C8H14N2O3/c11-7(10-5-8(12)13)3-4-9-6-1-2-6/h6,9H,1-5H2,(H,10,11)(H,12,13). The highest BCUT2D eigenvalue weighted by atomic mass is 16.4. The van der Waals surface area contributed by atoms with Crippen molar-refractivity contribution >= 4 is 11.9 Å². The molecule has 0 saturated heterocycles. The smallest absolute Gasteiger partial charge is 0.322 e. The van der Waals surface area contributed by atoms with E-state index >= 15 is 0 Å². The van der Waals surface area contributed by atoms with Crippen LogP contribution in [0.5, 0.6) is 0 Å². The second-order valence-corrected chi connectivity index (χ2v) is 3.15. The molecule has 0 heterocycles. The maximum Gasteiger partial charge on any atom is 0.322 e. The minimum absolute atomic E-state index is 0.212. The predicted molar refractivity (Wildman–Crippen MR) is 46.3 cm³/mol. The minimum Gasteiger partial charge on any atom is -0.480 e. The highest BCUT2D eigenvalue weighted by molar-refractivity contribution is 5.81. The summed E-state index contributed by atoms with van der Waals surface area (Å²) in [7, 11) is 0. The fourth-order valence-electron chi connectivity index (χ4n) is 0.940. The molecule has 74 valence electrons. The highest BCUT2D eigenvalue weighted by Gasteiger charge is 2.19. The lowest BCUT2D eigenvalue weighted by Gasteiger charge is -2.02. The molecule has 0 radical (unpaired) electrons. The minimum atomic E-state index is -1.01. The average Bonchev–Trinajstić information content (AvgIpc) is 2.84. The van der Waals surface area contributed by atoms with Gasteiger partial charge in [0.2, 0.25) is 5.91 Å². The van der Waals surface area contributed by atoms with Crippen LogP contribution in [0.2, 0.25) is 0 Å². The number of nitrogens with one attached hydrogen (secondary N) is 2. The quantitative estimate of drug-likeness (QED) is 0.514. The van der Waals surface area contributed by atoms with Crippen molar-refractivity contribution in [1.82, 2.24) is 10.6 Å². The predicted octanol–water partition coefficient (Wildman–Crippen LogP) is -0.671. The summed E-state index contributed by atoms with van der Waals surface area (Å²) in [6.45, 7) is 0.346. The zero-order chi connectivity index (χ0) is 9.68. The van der Waals surface area contributed by atoms with Crippen LogP contribution in [0, 0.1) is 0 Å². The van der Waals surface area contributed by atoms with Crippen LogP contribution in [-0.4, -0.2) is 36.1 Å². The highest BCUT2D eigenvalue weighted by Crippen LogP contribution is 2.18. The zero-order valence-electron chi connectivity index (χ0n) is 7.38. The number of carbonyl (C=O) groups is 2. The Morgan fingerprint density at radius 2 is 2.08 bits per heavy atom. The molecule has 13 heavy (non-hydrogen) atoms. The third kappa shape index (κ3) is 5.19. The van der Waals surface area contributed by atoms with Crippen LogP contribution in [0.15, 0.2) is 0 Å². The van der Waals surface area contributed by atoms with Gasteiger partial charge in [-0.15, -0.1) is 0 Å². The summed E-state index contributed by atoms with van der Waals surface area (Å²) in [6.07, 6.45) is 2.73. The van der Waals surface area contributed by atoms with Crippen molar-refractivity contribution in [2.24, 2.45) is 0 Å². The molecular weight excluding hydrogens is 172 g/mol. The van der Waals surface area contributed by atoms with Crippen LogP contribution in [0.4, 0.5) is 0 Å². The summed E-state index contributed by atoms with van der Waals surface area (Å²) < 4.78 is 0. The summed E-state index contributed by atoms with van der Waals surface area (Å²) in [5.41, 5.74) is 0. The third-order valence-electron chi connectivity index (χ3n) is 1.80. The lowest BCUT2D eigenvalue weighted by molar-refractivity contribution is -0.137. The first-order valence-electron chi connectivity index (χ1n) is 4.40. The number of hydrogen-bond acceptors (Lipinski definition) is 3. The van der Waals surface area contributed by atoms with E-state index in [1.807, 2.05) is 0 Å². The molecule has 0 atom stereocenters. The van der Waals surface area contributed by atoms with E-state index in [4.69, 9.17) is 5.11 Å². The van der Waals surface area contributed by atoms with Crippen molar-refractivity contribution in [2.75, 3.05) is 13.1 Å². The van der Waals surface area contributed by atoms with Crippen LogP contribution >= 0.6 is 0 Å². The van der Waals surface area contributed by atoms with Gasteiger partial charge in [0.15, 0.2) is 0 Å². The van der Waals surface area contributed by atoms with Gasteiger partial charge in [-0.2, -0.15) is 0 Å². The topological polar surface area (TPSA) is 78.4 Å². The summed E-state index contributed by atoms with van der Waals surface area (Å²) in [4.78, 5) is 21.0. The molecule has 0 bridgehead atoms. The lowest BCUT2D eigenvalue weighted by Crippen LogP contribution is -2.32. The molecule has 5 heteroatoms. The van der Waals surface area contributed by atoms with E-state index in [2.05, 4.69) is 10.6 Å². The lowest BCUT2D eigenvalue weighted by atomic mass is 10.4. The van der Waals surface area contributed by atoms with Gasteiger partial charge in [-0.3, -0.25) is 9.59 Å². The largest absolute Gasteiger partial charge is 0.480 e.